The summed E-state index contributed by atoms with van der Waals surface area (Å²) in [5.41, 5.74) is 2.15. The van der Waals surface area contributed by atoms with Crippen LogP contribution in [0.3, 0.4) is 0 Å². The molecule has 0 spiro atoms. The Kier molecular flexibility index (Phi) is 6.62. The van der Waals surface area contributed by atoms with Gasteiger partial charge in [0.2, 0.25) is 5.91 Å². The molecule has 156 valence electrons. The molecule has 30 heavy (non-hydrogen) atoms. The fourth-order valence-electron chi connectivity index (χ4n) is 3.09. The predicted octanol–water partition coefficient (Wildman–Crippen LogP) is 4.54. The zero-order valence-electron chi connectivity index (χ0n) is 17.6. The van der Waals surface area contributed by atoms with Gasteiger partial charge in [-0.05, 0) is 62.0 Å². The van der Waals surface area contributed by atoms with E-state index >= 15 is 0 Å². The number of aryl methyl sites for hydroxylation is 1. The topological polar surface area (TPSA) is 75.2 Å². The van der Waals surface area contributed by atoms with E-state index < -0.39 is 11.6 Å². The van der Waals surface area contributed by atoms with E-state index in [9.17, 15) is 9.59 Å². The highest BCUT2D eigenvalue weighted by Crippen LogP contribution is 2.31. The van der Waals surface area contributed by atoms with Crippen LogP contribution in [0.25, 0.3) is 0 Å². The van der Waals surface area contributed by atoms with Crippen LogP contribution in [0.5, 0.6) is 0 Å². The lowest BCUT2D eigenvalue weighted by Gasteiger charge is -2.34. The first-order valence-electron chi connectivity index (χ1n) is 9.86. The minimum Gasteiger partial charge on any atom is -0.349 e. The van der Waals surface area contributed by atoms with E-state index in [1.54, 1.807) is 5.38 Å². The molecule has 0 saturated heterocycles. The molecular formula is C23H26N4O2S. The molecule has 0 bridgehead atoms. The highest BCUT2D eigenvalue weighted by atomic mass is 32.1. The third kappa shape index (κ3) is 4.91. The van der Waals surface area contributed by atoms with Crippen molar-refractivity contribution < 1.29 is 9.59 Å². The Morgan fingerprint density at radius 1 is 1.13 bits per heavy atom. The van der Waals surface area contributed by atoms with Crippen molar-refractivity contribution in [3.05, 3.63) is 76.8 Å². The molecule has 3 rings (SSSR count). The van der Waals surface area contributed by atoms with Crippen molar-refractivity contribution in [2.75, 3.05) is 4.90 Å². The van der Waals surface area contributed by atoms with Crippen molar-refractivity contribution in [3.63, 3.8) is 0 Å². The maximum atomic E-state index is 13.6. The Morgan fingerprint density at radius 3 is 2.47 bits per heavy atom. The molecule has 0 aliphatic heterocycles. The van der Waals surface area contributed by atoms with Crippen LogP contribution in [0.4, 0.5) is 5.69 Å². The van der Waals surface area contributed by atoms with E-state index in [4.69, 9.17) is 0 Å². The summed E-state index contributed by atoms with van der Waals surface area (Å²) in [6.07, 6.45) is 0.759. The summed E-state index contributed by atoms with van der Waals surface area (Å²) in [5, 5.41) is 8.66. The van der Waals surface area contributed by atoms with Crippen molar-refractivity contribution in [1.29, 1.82) is 0 Å². The van der Waals surface area contributed by atoms with Crippen LogP contribution < -0.4 is 10.2 Å². The smallest absolute Gasteiger partial charge is 0.280 e. The molecule has 0 aliphatic carbocycles. The monoisotopic (exact) mass is 422 g/mol. The van der Waals surface area contributed by atoms with Crippen LogP contribution in [-0.4, -0.2) is 26.9 Å². The summed E-state index contributed by atoms with van der Waals surface area (Å²) in [6, 6.07) is 16.0. The van der Waals surface area contributed by atoms with E-state index in [1.807, 2.05) is 82.3 Å². The Hall–Kier alpha value is -3.06. The Balaban J connectivity index is 2.15. The van der Waals surface area contributed by atoms with Gasteiger partial charge in [0.15, 0.2) is 5.69 Å². The molecule has 2 aromatic carbocycles. The number of carbonyl (C=O) groups excluding carboxylic acids is 2. The molecule has 0 radical (unpaired) electrons. The number of anilines is 1. The number of nitrogens with one attached hydrogen (secondary N) is 1. The van der Waals surface area contributed by atoms with Crippen LogP contribution >= 0.6 is 11.5 Å². The number of amides is 2. The van der Waals surface area contributed by atoms with Gasteiger partial charge in [-0.15, -0.1) is 5.10 Å². The third-order valence-electron chi connectivity index (χ3n) is 5.05. The summed E-state index contributed by atoms with van der Waals surface area (Å²) in [4.78, 5) is 28.6. The lowest BCUT2D eigenvalue weighted by Crippen LogP contribution is -2.50. The molecule has 1 aromatic heterocycles. The lowest BCUT2D eigenvalue weighted by atomic mass is 9.98. The first-order chi connectivity index (χ1) is 14.3. The fourth-order valence-corrected chi connectivity index (χ4v) is 3.52. The van der Waals surface area contributed by atoms with Crippen LogP contribution in [0, 0.1) is 6.92 Å². The van der Waals surface area contributed by atoms with Gasteiger partial charge in [0.1, 0.15) is 6.04 Å². The normalized spacial score (nSPS) is 12.3. The van der Waals surface area contributed by atoms with Crippen LogP contribution in [0.15, 0.2) is 60.0 Å². The first-order valence-corrected chi connectivity index (χ1v) is 10.7. The molecule has 2 amide bonds. The SMILES string of the molecule is CCC(C)(C)NC(=O)[C@@H](c1ccccc1)N(C(=O)c1csnn1)c1cccc(C)c1. The van der Waals surface area contributed by atoms with Gasteiger partial charge in [-0.25, -0.2) is 0 Å². The van der Waals surface area contributed by atoms with Crippen molar-refractivity contribution in [1.82, 2.24) is 14.9 Å². The van der Waals surface area contributed by atoms with Crippen molar-refractivity contribution in [2.24, 2.45) is 0 Å². The molecule has 6 nitrogen and oxygen atoms in total. The zero-order valence-corrected chi connectivity index (χ0v) is 18.4. The minimum atomic E-state index is -0.854. The molecule has 1 N–H and O–H groups in total. The molecule has 0 saturated carbocycles. The van der Waals surface area contributed by atoms with E-state index in [1.165, 1.54) is 4.90 Å². The van der Waals surface area contributed by atoms with Gasteiger partial charge in [0, 0.05) is 16.6 Å². The second-order valence-corrected chi connectivity index (χ2v) is 8.45. The standard InChI is InChI=1S/C23H26N4O2S/c1-5-23(3,4)24-21(28)20(17-11-7-6-8-12-17)27(18-13-9-10-16(2)14-18)22(29)19-15-30-26-25-19/h6-15,20H,5H2,1-4H3,(H,24,28)/t20-/m1/s1. The minimum absolute atomic E-state index is 0.213. The zero-order chi connectivity index (χ0) is 21.7. The lowest BCUT2D eigenvalue weighted by molar-refractivity contribution is -0.124. The summed E-state index contributed by atoms with van der Waals surface area (Å²) in [6.45, 7) is 7.91. The number of hydrogen-bond donors (Lipinski definition) is 1. The quantitative estimate of drug-likeness (QED) is 0.607. The van der Waals surface area contributed by atoms with Crippen molar-refractivity contribution in [3.8, 4) is 0 Å². The first kappa shape index (κ1) is 21.6. The highest BCUT2D eigenvalue weighted by molar-refractivity contribution is 7.03. The Morgan fingerprint density at radius 2 is 1.87 bits per heavy atom. The predicted molar refractivity (Wildman–Crippen MR) is 120 cm³/mol. The highest BCUT2D eigenvalue weighted by Gasteiger charge is 2.36. The van der Waals surface area contributed by atoms with Crippen LogP contribution in [0.2, 0.25) is 0 Å². The number of nitrogens with zero attached hydrogens (tertiary/aromatic N) is 3. The van der Waals surface area contributed by atoms with E-state index in [2.05, 4.69) is 14.9 Å². The van der Waals surface area contributed by atoms with Crippen LogP contribution in [0.1, 0.15) is 54.8 Å². The molecule has 7 heteroatoms. The Labute approximate surface area is 181 Å². The summed E-state index contributed by atoms with van der Waals surface area (Å²) in [5.74, 6) is -0.612. The number of carbonyl (C=O) groups is 2. The number of benzene rings is 2. The second kappa shape index (κ2) is 9.17. The number of hydrogen-bond acceptors (Lipinski definition) is 5. The van der Waals surface area contributed by atoms with E-state index in [-0.39, 0.29) is 17.5 Å². The average Bonchev–Trinajstić information content (AvgIpc) is 3.26. The van der Waals surface area contributed by atoms with Gasteiger partial charge in [-0.2, -0.15) is 0 Å². The summed E-state index contributed by atoms with van der Waals surface area (Å²) >= 11 is 1.10. The van der Waals surface area contributed by atoms with Gasteiger partial charge in [-0.3, -0.25) is 14.5 Å². The van der Waals surface area contributed by atoms with Gasteiger partial charge >= 0.3 is 0 Å². The second-order valence-electron chi connectivity index (χ2n) is 7.84. The van der Waals surface area contributed by atoms with E-state index in [0.717, 1.165) is 29.1 Å². The summed E-state index contributed by atoms with van der Waals surface area (Å²) < 4.78 is 3.83. The van der Waals surface area contributed by atoms with Gasteiger partial charge < -0.3 is 5.32 Å². The largest absolute Gasteiger partial charge is 0.349 e. The molecule has 0 unspecified atom stereocenters. The van der Waals surface area contributed by atoms with Crippen molar-refractivity contribution >= 4 is 29.0 Å². The summed E-state index contributed by atoms with van der Waals surface area (Å²) in [7, 11) is 0. The van der Waals surface area contributed by atoms with Gasteiger partial charge in [0.25, 0.3) is 5.91 Å². The molecular weight excluding hydrogens is 396 g/mol. The number of aromatic nitrogens is 2. The molecule has 0 fully saturated rings. The average molecular weight is 423 g/mol. The maximum Gasteiger partial charge on any atom is 0.280 e. The van der Waals surface area contributed by atoms with E-state index in [0.29, 0.717) is 5.69 Å². The molecule has 3 aromatic rings. The van der Waals surface area contributed by atoms with Gasteiger partial charge in [0.05, 0.1) is 0 Å². The molecule has 1 heterocycles. The van der Waals surface area contributed by atoms with Gasteiger partial charge in [-0.1, -0.05) is 53.9 Å². The van der Waals surface area contributed by atoms with Crippen LogP contribution in [-0.2, 0) is 4.79 Å². The maximum absolute atomic E-state index is 13.6. The molecule has 0 aliphatic rings. The third-order valence-corrected chi connectivity index (χ3v) is 5.55. The number of rotatable bonds is 7. The van der Waals surface area contributed by atoms with Crippen molar-refractivity contribution in [2.45, 2.75) is 45.7 Å². The molecule has 1 atom stereocenters. The Bertz CT molecular complexity index is 1000. The fraction of sp³-hybridized carbons (Fsp3) is 0.304.